The van der Waals surface area contributed by atoms with Crippen molar-refractivity contribution in [1.29, 1.82) is 0 Å². The summed E-state index contributed by atoms with van der Waals surface area (Å²) in [5, 5.41) is 4.60. The Morgan fingerprint density at radius 3 is 1.93 bits per heavy atom. The first-order valence-corrected chi connectivity index (χ1v) is 19.3. The molecule has 266 valence electrons. The minimum Gasteiger partial charge on any atom is -0.455 e. The van der Waals surface area contributed by atoms with E-state index in [4.69, 9.17) is 19.4 Å². The van der Waals surface area contributed by atoms with Crippen LogP contribution in [0, 0.1) is 0 Å². The van der Waals surface area contributed by atoms with Gasteiger partial charge >= 0.3 is 0 Å². The molecule has 1 aliphatic rings. The van der Waals surface area contributed by atoms with Crippen molar-refractivity contribution in [3.8, 4) is 62.1 Å². The van der Waals surface area contributed by atoms with Crippen LogP contribution < -0.4 is 0 Å². The Morgan fingerprint density at radius 2 is 1.07 bits per heavy atom. The van der Waals surface area contributed by atoms with E-state index in [-0.39, 0.29) is 0 Å². The molecule has 0 fully saturated rings. The van der Waals surface area contributed by atoms with Gasteiger partial charge in [0, 0.05) is 38.4 Å². The highest BCUT2D eigenvalue weighted by molar-refractivity contribution is 6.11. The first-order chi connectivity index (χ1) is 28.2. The van der Waals surface area contributed by atoms with Crippen LogP contribution in [0.3, 0.4) is 0 Å². The number of rotatable bonds is 5. The second-order valence-electron chi connectivity index (χ2n) is 14.8. The topological polar surface area (TPSA) is 56.7 Å². The first-order valence-electron chi connectivity index (χ1n) is 19.3. The molecule has 12 rings (SSSR count). The largest absolute Gasteiger partial charge is 0.455 e. The fourth-order valence-corrected chi connectivity index (χ4v) is 8.88. The Hall–Kier alpha value is -7.63. The highest BCUT2D eigenvalue weighted by Crippen LogP contribution is 2.45. The number of hydrogen-bond donors (Lipinski definition) is 0. The van der Waals surface area contributed by atoms with Crippen molar-refractivity contribution in [1.82, 2.24) is 19.5 Å². The van der Waals surface area contributed by atoms with Gasteiger partial charge in [0.05, 0.1) is 16.6 Å². The summed E-state index contributed by atoms with van der Waals surface area (Å²) < 4.78 is 8.88. The molecular formula is C52H32N4O. The zero-order valence-electron chi connectivity index (χ0n) is 30.7. The molecule has 5 nitrogen and oxygen atoms in total. The molecule has 0 radical (unpaired) electrons. The van der Waals surface area contributed by atoms with Crippen molar-refractivity contribution in [3.05, 3.63) is 193 Å². The lowest BCUT2D eigenvalue weighted by atomic mass is 9.98. The fourth-order valence-electron chi connectivity index (χ4n) is 8.88. The molecule has 5 heteroatoms. The molecule has 0 spiro atoms. The Bertz CT molecular complexity index is 3380. The highest BCUT2D eigenvalue weighted by atomic mass is 16.3. The molecule has 0 aliphatic heterocycles. The summed E-state index contributed by atoms with van der Waals surface area (Å²) in [6.45, 7) is 0. The predicted octanol–water partition coefficient (Wildman–Crippen LogP) is 13.1. The third-order valence-corrected chi connectivity index (χ3v) is 11.5. The van der Waals surface area contributed by atoms with E-state index >= 15 is 0 Å². The molecule has 11 aromatic rings. The van der Waals surface area contributed by atoms with E-state index in [2.05, 4.69) is 132 Å². The van der Waals surface area contributed by atoms with Crippen molar-refractivity contribution >= 4 is 43.7 Å². The molecule has 0 bridgehead atoms. The van der Waals surface area contributed by atoms with E-state index in [0.29, 0.717) is 17.5 Å². The Morgan fingerprint density at radius 1 is 0.404 bits per heavy atom. The van der Waals surface area contributed by atoms with Crippen LogP contribution in [-0.2, 0) is 6.42 Å². The molecule has 0 saturated carbocycles. The van der Waals surface area contributed by atoms with Crippen LogP contribution in [0.15, 0.2) is 186 Å². The molecular weight excluding hydrogens is 697 g/mol. The molecule has 0 saturated heterocycles. The second kappa shape index (κ2) is 12.4. The number of nitrogens with zero attached hydrogens (tertiary/aromatic N) is 4. The number of fused-ring (bicyclic) bond motifs is 9. The second-order valence-corrected chi connectivity index (χ2v) is 14.8. The number of hydrogen-bond acceptors (Lipinski definition) is 4. The smallest absolute Gasteiger partial charge is 0.167 e. The summed E-state index contributed by atoms with van der Waals surface area (Å²) in [4.78, 5) is 15.5. The first kappa shape index (κ1) is 31.7. The lowest BCUT2D eigenvalue weighted by Gasteiger charge is -2.13. The van der Waals surface area contributed by atoms with E-state index in [1.807, 2.05) is 54.6 Å². The van der Waals surface area contributed by atoms with Crippen molar-refractivity contribution in [3.63, 3.8) is 0 Å². The molecule has 8 aromatic carbocycles. The monoisotopic (exact) mass is 728 g/mol. The molecule has 0 amide bonds. The van der Waals surface area contributed by atoms with E-state index in [1.165, 1.54) is 55.2 Å². The molecule has 3 aromatic heterocycles. The summed E-state index contributed by atoms with van der Waals surface area (Å²) in [5.41, 5.74) is 15.3. The SMILES string of the molecule is c1ccc(-c2ccc3c(c2)c2ccccc2n3-c2ccc3c(c2)Cc2cccc(-c4nc(-c5ccccc5)nc(-c5cccc6c5oc5ccccc56)n4)c2-3)cc1. The van der Waals surface area contributed by atoms with Crippen LogP contribution in [0.5, 0.6) is 0 Å². The van der Waals surface area contributed by atoms with E-state index < -0.39 is 0 Å². The quantitative estimate of drug-likeness (QED) is 0.177. The summed E-state index contributed by atoms with van der Waals surface area (Å²) in [7, 11) is 0. The van der Waals surface area contributed by atoms with Gasteiger partial charge in [0.1, 0.15) is 11.2 Å². The predicted molar refractivity (Wildman–Crippen MR) is 231 cm³/mol. The number of aromatic nitrogens is 4. The summed E-state index contributed by atoms with van der Waals surface area (Å²) in [6.07, 6.45) is 0.823. The molecule has 57 heavy (non-hydrogen) atoms. The lowest BCUT2D eigenvalue weighted by molar-refractivity contribution is 0.669. The van der Waals surface area contributed by atoms with Crippen molar-refractivity contribution < 1.29 is 4.42 Å². The normalized spacial score (nSPS) is 12.1. The maximum absolute atomic E-state index is 6.47. The van der Waals surface area contributed by atoms with Crippen LogP contribution in [0.1, 0.15) is 11.1 Å². The van der Waals surface area contributed by atoms with Gasteiger partial charge in [-0.15, -0.1) is 0 Å². The highest BCUT2D eigenvalue weighted by Gasteiger charge is 2.26. The standard InChI is InChI=1S/C52H32N4O/c1-3-13-32(14-4-1)34-25-28-46-44(31-34)39-18-7-9-23-45(39)56(46)37-26-27-38-36(30-37)29-35-17-11-21-42(48(35)38)51-53-50(33-15-5-2-6-16-33)54-52(55-51)43-22-12-20-41-40-19-8-10-24-47(40)57-49(41)43/h1-28,30-31H,29H2. The molecule has 1 aliphatic carbocycles. The van der Waals surface area contributed by atoms with Gasteiger partial charge in [0.15, 0.2) is 17.5 Å². The van der Waals surface area contributed by atoms with Crippen molar-refractivity contribution in [2.75, 3.05) is 0 Å². The lowest BCUT2D eigenvalue weighted by Crippen LogP contribution is -2.01. The number of para-hydroxylation sites is 3. The van der Waals surface area contributed by atoms with Crippen LogP contribution >= 0.6 is 0 Å². The molecule has 0 N–H and O–H groups in total. The number of benzene rings is 8. The van der Waals surface area contributed by atoms with E-state index in [0.717, 1.165) is 50.7 Å². The maximum atomic E-state index is 6.47. The average molecular weight is 729 g/mol. The Balaban J connectivity index is 1.01. The van der Waals surface area contributed by atoms with Crippen molar-refractivity contribution in [2.45, 2.75) is 6.42 Å². The van der Waals surface area contributed by atoms with Gasteiger partial charge in [-0.3, -0.25) is 0 Å². The van der Waals surface area contributed by atoms with Crippen LogP contribution in [0.2, 0.25) is 0 Å². The van der Waals surface area contributed by atoms with Gasteiger partial charge in [-0.2, -0.15) is 0 Å². The fraction of sp³-hybridized carbons (Fsp3) is 0.0192. The zero-order valence-corrected chi connectivity index (χ0v) is 30.7. The van der Waals surface area contributed by atoms with Gasteiger partial charge < -0.3 is 8.98 Å². The minimum atomic E-state index is 0.580. The molecule has 0 atom stereocenters. The summed E-state index contributed by atoms with van der Waals surface area (Å²) in [6, 6.07) is 64.1. The summed E-state index contributed by atoms with van der Waals surface area (Å²) in [5.74, 6) is 1.84. The third kappa shape index (κ3) is 4.99. The van der Waals surface area contributed by atoms with Gasteiger partial charge in [0.2, 0.25) is 0 Å². The van der Waals surface area contributed by atoms with Crippen LogP contribution in [0.25, 0.3) is 106 Å². The average Bonchev–Trinajstić information content (AvgIpc) is 3.96. The molecule has 0 unspecified atom stereocenters. The van der Waals surface area contributed by atoms with Crippen LogP contribution in [-0.4, -0.2) is 19.5 Å². The van der Waals surface area contributed by atoms with E-state index in [1.54, 1.807) is 0 Å². The minimum absolute atomic E-state index is 0.580. The van der Waals surface area contributed by atoms with Gasteiger partial charge in [-0.1, -0.05) is 140 Å². The Labute approximate surface area is 328 Å². The third-order valence-electron chi connectivity index (χ3n) is 11.5. The summed E-state index contributed by atoms with van der Waals surface area (Å²) >= 11 is 0. The van der Waals surface area contributed by atoms with Gasteiger partial charge in [-0.05, 0) is 82.3 Å². The van der Waals surface area contributed by atoms with Gasteiger partial charge in [0.25, 0.3) is 0 Å². The van der Waals surface area contributed by atoms with Gasteiger partial charge in [-0.25, -0.2) is 15.0 Å². The van der Waals surface area contributed by atoms with E-state index in [9.17, 15) is 0 Å². The molecule has 3 heterocycles. The van der Waals surface area contributed by atoms with Crippen LogP contribution in [0.4, 0.5) is 0 Å². The maximum Gasteiger partial charge on any atom is 0.167 e. The zero-order chi connectivity index (χ0) is 37.5. The van der Waals surface area contributed by atoms with Crippen molar-refractivity contribution in [2.24, 2.45) is 0 Å². The Kier molecular flexibility index (Phi) is 6.92. The number of furan rings is 1.